The monoisotopic (exact) mass is 636 g/mol. The van der Waals surface area contributed by atoms with Crippen molar-refractivity contribution in [2.45, 2.75) is 6.23 Å². The predicted octanol–water partition coefficient (Wildman–Crippen LogP) is 8.57. The average molecular weight is 637 g/mol. The normalized spacial score (nSPS) is 12.2. The molecule has 4 nitrogen and oxygen atoms in total. The molecule has 0 aromatic heterocycles. The third-order valence-electron chi connectivity index (χ3n) is 7.71. The van der Waals surface area contributed by atoms with E-state index in [1.807, 2.05) is 120 Å². The molecule has 0 aliphatic heterocycles. The highest BCUT2D eigenvalue weighted by atomic mass is 32.2. The molecule has 0 saturated heterocycles. The first-order chi connectivity index (χ1) is 22.7. The Hall–Kier alpha value is -4.93. The van der Waals surface area contributed by atoms with Crippen molar-refractivity contribution < 1.29 is 5.11 Å². The van der Waals surface area contributed by atoms with Crippen LogP contribution in [0.25, 0.3) is 0 Å². The van der Waals surface area contributed by atoms with Crippen LogP contribution in [-0.4, -0.2) is 10.3 Å². The van der Waals surface area contributed by atoms with Gasteiger partial charge in [-0.25, -0.2) is 0 Å². The molecule has 0 amide bonds. The molecule has 0 fully saturated rings. The highest BCUT2D eigenvalue weighted by Gasteiger charge is 2.50. The van der Waals surface area contributed by atoms with E-state index in [4.69, 9.17) is 0 Å². The van der Waals surface area contributed by atoms with Crippen LogP contribution in [0.2, 0.25) is 0 Å². The summed E-state index contributed by atoms with van der Waals surface area (Å²) < 4.78 is 0. The molecule has 0 bridgehead atoms. The van der Waals surface area contributed by atoms with Gasteiger partial charge in [-0.2, -0.15) is 0 Å². The topological polar surface area (TPSA) is 59.4 Å². The van der Waals surface area contributed by atoms with E-state index in [0.29, 0.717) is 5.17 Å². The zero-order chi connectivity index (χ0) is 31.6. The van der Waals surface area contributed by atoms with Crippen molar-refractivity contribution in [1.82, 2.24) is 5.32 Å². The molecular formula is C40H35N3OPS+. The maximum Gasteiger partial charge on any atom is 0.181 e. The van der Waals surface area contributed by atoms with Crippen LogP contribution in [0.1, 0.15) is 11.8 Å². The number of hydrogen-bond acceptors (Lipinski definition) is 4. The van der Waals surface area contributed by atoms with Gasteiger partial charge in [0.25, 0.3) is 0 Å². The molecule has 0 aliphatic rings. The SMILES string of the molecule is N=C(S/C=C(/N[C@@H](O)c1ccccc1)[P+](c1ccccc1)(c1ccccc1)c1ccccc1)N(c1ccccc1)c1ccccc1. The van der Waals surface area contributed by atoms with Crippen molar-refractivity contribution in [3.8, 4) is 0 Å². The fraction of sp³-hybridized carbons (Fsp3) is 0.0250. The van der Waals surface area contributed by atoms with Crippen LogP contribution in [0.3, 0.4) is 0 Å². The number of nitrogens with one attached hydrogen (secondary N) is 2. The van der Waals surface area contributed by atoms with Gasteiger partial charge in [-0.3, -0.25) is 10.3 Å². The molecule has 0 radical (unpaired) electrons. The minimum atomic E-state index is -2.61. The molecule has 0 saturated carbocycles. The molecule has 3 N–H and O–H groups in total. The smallest absolute Gasteiger partial charge is 0.181 e. The molecule has 6 aromatic rings. The number of hydrogen-bond donors (Lipinski definition) is 3. The predicted molar refractivity (Wildman–Crippen MR) is 198 cm³/mol. The van der Waals surface area contributed by atoms with Gasteiger partial charge in [0.1, 0.15) is 15.9 Å². The third-order valence-corrected chi connectivity index (χ3v) is 12.8. The zero-order valence-electron chi connectivity index (χ0n) is 25.2. The van der Waals surface area contributed by atoms with Crippen molar-refractivity contribution in [3.05, 3.63) is 198 Å². The summed E-state index contributed by atoms with van der Waals surface area (Å²) in [6, 6.07) is 61.2. The van der Waals surface area contributed by atoms with Crippen molar-refractivity contribution >= 4 is 51.5 Å². The number of thioether (sulfide) groups is 1. The van der Waals surface area contributed by atoms with E-state index in [1.165, 1.54) is 11.8 Å². The van der Waals surface area contributed by atoms with E-state index in [2.05, 4.69) is 78.1 Å². The lowest BCUT2D eigenvalue weighted by molar-refractivity contribution is 0.154. The Morgan fingerprint density at radius 1 is 0.565 bits per heavy atom. The Balaban J connectivity index is 1.55. The largest absolute Gasteiger partial charge is 0.369 e. The molecule has 1 atom stereocenters. The molecule has 46 heavy (non-hydrogen) atoms. The number of para-hydroxylation sites is 2. The number of aliphatic hydroxyl groups is 1. The number of rotatable bonds is 10. The van der Waals surface area contributed by atoms with Crippen molar-refractivity contribution in [3.63, 3.8) is 0 Å². The highest BCUT2D eigenvalue weighted by molar-refractivity contribution is 8.17. The first-order valence-corrected chi connectivity index (χ1v) is 17.8. The lowest BCUT2D eigenvalue weighted by Crippen LogP contribution is -2.37. The Labute approximate surface area is 275 Å². The number of benzene rings is 6. The Bertz CT molecular complexity index is 1720. The lowest BCUT2D eigenvalue weighted by Gasteiger charge is -2.31. The molecule has 6 rings (SSSR count). The Morgan fingerprint density at radius 3 is 1.30 bits per heavy atom. The molecule has 0 heterocycles. The van der Waals surface area contributed by atoms with Gasteiger partial charge in [-0.15, -0.1) is 0 Å². The summed E-state index contributed by atoms with van der Waals surface area (Å²) in [5.41, 5.74) is 3.40. The van der Waals surface area contributed by atoms with Gasteiger partial charge in [0.2, 0.25) is 0 Å². The van der Waals surface area contributed by atoms with E-state index in [9.17, 15) is 10.5 Å². The van der Waals surface area contributed by atoms with Crippen LogP contribution < -0.4 is 26.1 Å². The minimum absolute atomic E-state index is 0.332. The van der Waals surface area contributed by atoms with Gasteiger partial charge >= 0.3 is 0 Å². The summed E-state index contributed by atoms with van der Waals surface area (Å²) in [6.07, 6.45) is -0.975. The molecule has 6 heteroatoms. The summed E-state index contributed by atoms with van der Waals surface area (Å²) in [5.74, 6) is 0. The van der Waals surface area contributed by atoms with Crippen LogP contribution in [0.5, 0.6) is 0 Å². The fourth-order valence-corrected chi connectivity index (χ4v) is 10.9. The standard InChI is InChI=1S/C40H35N3OPS/c41-40(43(33-21-9-2-10-22-33)34-23-11-3-12-24-34)46-31-38(42-39(44)32-19-7-1-8-20-32)45(35-25-13-4-14-26-35,36-27-15-5-16-28-36)37-29-17-6-18-30-37/h1-31,39,41-42,44H/q+1/b38-31-,41-40?/t39-/m0/s1. The van der Waals surface area contributed by atoms with Gasteiger partial charge in [0.15, 0.2) is 24.1 Å². The highest BCUT2D eigenvalue weighted by Crippen LogP contribution is 2.62. The number of anilines is 2. The van der Waals surface area contributed by atoms with E-state index < -0.39 is 13.5 Å². The summed E-state index contributed by atoms with van der Waals surface area (Å²) >= 11 is 1.33. The number of nitrogens with zero attached hydrogens (tertiary/aromatic N) is 1. The summed E-state index contributed by atoms with van der Waals surface area (Å²) in [6.45, 7) is 0. The zero-order valence-corrected chi connectivity index (χ0v) is 26.9. The van der Waals surface area contributed by atoms with Gasteiger partial charge in [0.05, 0.1) is 0 Å². The first kappa shape index (κ1) is 31.1. The van der Waals surface area contributed by atoms with Crippen molar-refractivity contribution in [2.24, 2.45) is 0 Å². The molecule has 226 valence electrons. The summed E-state index contributed by atoms with van der Waals surface area (Å²) in [7, 11) is -2.61. The molecule has 0 aliphatic carbocycles. The second-order valence-corrected chi connectivity index (χ2v) is 14.8. The summed E-state index contributed by atoms with van der Waals surface area (Å²) in [5, 5.41) is 30.5. The van der Waals surface area contributed by atoms with Gasteiger partial charge in [-0.05, 0) is 60.7 Å². The second-order valence-electron chi connectivity index (χ2n) is 10.6. The van der Waals surface area contributed by atoms with Gasteiger partial charge < -0.3 is 10.4 Å². The minimum Gasteiger partial charge on any atom is -0.369 e. The van der Waals surface area contributed by atoms with Crippen LogP contribution in [0.4, 0.5) is 11.4 Å². The maximum atomic E-state index is 11.7. The quantitative estimate of drug-likeness (QED) is 0.0611. The van der Waals surface area contributed by atoms with Crippen LogP contribution >= 0.6 is 19.0 Å². The number of aliphatic hydroxyl groups excluding tert-OH is 1. The molecule has 6 aromatic carbocycles. The van der Waals surface area contributed by atoms with Crippen molar-refractivity contribution in [2.75, 3.05) is 4.90 Å². The first-order valence-electron chi connectivity index (χ1n) is 15.1. The fourth-order valence-electron chi connectivity index (χ4n) is 5.59. The van der Waals surface area contributed by atoms with Gasteiger partial charge in [0, 0.05) is 22.3 Å². The van der Waals surface area contributed by atoms with E-state index in [1.54, 1.807) is 0 Å². The third kappa shape index (κ3) is 6.68. The second kappa shape index (κ2) is 14.9. The van der Waals surface area contributed by atoms with E-state index >= 15 is 0 Å². The van der Waals surface area contributed by atoms with Crippen LogP contribution in [0, 0.1) is 5.41 Å². The van der Waals surface area contributed by atoms with Crippen molar-refractivity contribution in [1.29, 1.82) is 5.41 Å². The maximum absolute atomic E-state index is 11.7. The Kier molecular flexibility index (Phi) is 10.1. The summed E-state index contributed by atoms with van der Waals surface area (Å²) in [4.78, 5) is 1.94. The van der Waals surface area contributed by atoms with Gasteiger partial charge in [-0.1, -0.05) is 133 Å². The number of amidine groups is 1. The Morgan fingerprint density at radius 2 is 0.913 bits per heavy atom. The molecular weight excluding hydrogens is 602 g/mol. The lowest BCUT2D eigenvalue weighted by atomic mass is 10.2. The molecule has 0 spiro atoms. The van der Waals surface area contributed by atoms with Crippen LogP contribution in [0.15, 0.2) is 193 Å². The van der Waals surface area contributed by atoms with Crippen LogP contribution in [-0.2, 0) is 0 Å². The van der Waals surface area contributed by atoms with E-state index in [0.717, 1.165) is 38.3 Å². The molecule has 0 unspecified atom stereocenters. The average Bonchev–Trinajstić information content (AvgIpc) is 3.13. The van der Waals surface area contributed by atoms with E-state index in [-0.39, 0.29) is 0 Å².